The summed E-state index contributed by atoms with van der Waals surface area (Å²) in [6.45, 7) is 4.59. The number of rotatable bonds is 7. The molecule has 0 radical (unpaired) electrons. The van der Waals surface area contributed by atoms with Gasteiger partial charge in [-0.3, -0.25) is 0 Å². The second-order valence-electron chi connectivity index (χ2n) is 7.16. The molecular formula is C24H21BN4O2. The maximum atomic E-state index is 10.7. The van der Waals surface area contributed by atoms with Crippen LogP contribution in [0.1, 0.15) is 16.8 Å². The quantitative estimate of drug-likeness (QED) is 0.329. The Morgan fingerprint density at radius 3 is 2.55 bits per heavy atom. The molecule has 0 saturated heterocycles. The van der Waals surface area contributed by atoms with Crippen LogP contribution in [0.2, 0.25) is 0 Å². The zero-order chi connectivity index (χ0) is 21.6. The molecule has 7 heteroatoms. The van der Waals surface area contributed by atoms with E-state index in [1.54, 1.807) is 6.07 Å². The van der Waals surface area contributed by atoms with E-state index in [0.717, 1.165) is 22.0 Å². The Labute approximate surface area is 181 Å². The third kappa shape index (κ3) is 5.01. The number of ether oxygens (including phenoxy) is 1. The summed E-state index contributed by atoms with van der Waals surface area (Å²) in [6, 6.07) is 21.5. The van der Waals surface area contributed by atoms with Crippen LogP contribution in [-0.2, 0) is 11.2 Å². The number of anilines is 1. The van der Waals surface area contributed by atoms with E-state index in [-0.39, 0.29) is 0 Å². The van der Waals surface area contributed by atoms with Gasteiger partial charge in [0, 0.05) is 0 Å². The Morgan fingerprint density at radius 1 is 1.00 bits per heavy atom. The number of aryl methyl sites for hydroxylation is 2. The predicted octanol–water partition coefficient (Wildman–Crippen LogP) is 5.36. The average molecular weight is 408 g/mol. The number of aromatic nitrogens is 2. The third-order valence-corrected chi connectivity index (χ3v) is 4.75. The first-order valence-corrected chi connectivity index (χ1v) is 9.95. The maximum Gasteiger partial charge on any atom is -0.0570 e. The molecule has 0 bridgehead atoms. The monoisotopic (exact) mass is 408 g/mol. The number of benzene rings is 3. The van der Waals surface area contributed by atoms with Crippen molar-refractivity contribution in [3.05, 3.63) is 83.6 Å². The Balaban J connectivity index is 1.59. The molecule has 1 heterocycles. The van der Waals surface area contributed by atoms with E-state index < -0.39 is 0 Å². The van der Waals surface area contributed by atoms with E-state index in [0.29, 0.717) is 37.0 Å². The Kier molecular flexibility index (Phi) is 6.12. The SMILES string of the molecule is Cc1ccc(CNc2nc(C)cc(Oc3ccc(N=CB=O)c4ccccc34)n2)cc1. The molecule has 152 valence electrons. The van der Waals surface area contributed by atoms with Gasteiger partial charge in [0.1, 0.15) is 0 Å². The molecule has 0 aliphatic heterocycles. The Hall–Kier alpha value is -3.87. The van der Waals surface area contributed by atoms with Gasteiger partial charge >= 0.3 is 139 Å². The first kappa shape index (κ1) is 20.4. The van der Waals surface area contributed by atoms with Crippen LogP contribution in [0.4, 0.5) is 11.6 Å². The van der Waals surface area contributed by atoms with E-state index in [2.05, 4.69) is 51.5 Å². The number of nitrogens with one attached hydrogen (secondary N) is 1. The summed E-state index contributed by atoms with van der Waals surface area (Å²) in [5.74, 6) is 1.61. The van der Waals surface area contributed by atoms with Crippen molar-refractivity contribution >= 4 is 35.7 Å². The van der Waals surface area contributed by atoms with Crippen LogP contribution >= 0.6 is 0 Å². The van der Waals surface area contributed by atoms with Gasteiger partial charge < -0.3 is 0 Å². The maximum absolute atomic E-state index is 10.7. The molecule has 6 nitrogen and oxygen atoms in total. The fourth-order valence-electron chi connectivity index (χ4n) is 3.24. The topological polar surface area (TPSA) is 76.5 Å². The van der Waals surface area contributed by atoms with Crippen molar-refractivity contribution in [2.45, 2.75) is 20.4 Å². The van der Waals surface area contributed by atoms with Crippen LogP contribution < -0.4 is 10.1 Å². The number of hydrogen-bond acceptors (Lipinski definition) is 6. The molecule has 0 saturated carbocycles. The molecule has 3 aromatic carbocycles. The minimum atomic E-state index is 0.452. The van der Waals surface area contributed by atoms with Gasteiger partial charge in [0.2, 0.25) is 0 Å². The molecule has 1 aromatic heterocycles. The smallest absolute Gasteiger partial charge is 0.0570 e. The van der Waals surface area contributed by atoms with E-state index in [1.165, 1.54) is 11.7 Å². The van der Waals surface area contributed by atoms with Crippen molar-refractivity contribution in [3.8, 4) is 11.6 Å². The van der Waals surface area contributed by atoms with Gasteiger partial charge in [0.15, 0.2) is 0 Å². The largest absolute Gasteiger partial charge is 0.0590 e. The van der Waals surface area contributed by atoms with Gasteiger partial charge in [-0.15, -0.1) is 0 Å². The summed E-state index contributed by atoms with van der Waals surface area (Å²) in [5, 5.41) is 5.04. The minimum absolute atomic E-state index is 0.452. The summed E-state index contributed by atoms with van der Waals surface area (Å²) in [7, 11) is 0.661. The summed E-state index contributed by atoms with van der Waals surface area (Å²) in [5.41, 5.74) is 3.87. The third-order valence-electron chi connectivity index (χ3n) is 4.75. The van der Waals surface area contributed by atoms with E-state index in [9.17, 15) is 4.70 Å². The number of nitrogens with zero attached hydrogens (tertiary/aromatic N) is 3. The van der Waals surface area contributed by atoms with Crippen LogP contribution in [0, 0.1) is 13.8 Å². The van der Waals surface area contributed by atoms with Crippen molar-refractivity contribution in [2.75, 3.05) is 5.32 Å². The standard InChI is InChI=1S/C24H21BN4O2/c1-16-7-9-18(10-8-16)14-26-24-28-17(2)13-23(29-24)31-22-12-11-21(27-15-25-30)19-5-3-4-6-20(19)22/h3-13,15H,14H2,1-2H3,(H,26,28,29). The summed E-state index contributed by atoms with van der Waals surface area (Å²) in [4.78, 5) is 13.2. The summed E-state index contributed by atoms with van der Waals surface area (Å²) >= 11 is 0. The molecule has 31 heavy (non-hydrogen) atoms. The normalized spacial score (nSPS) is 10.9. The van der Waals surface area contributed by atoms with E-state index in [1.807, 2.05) is 43.3 Å². The average Bonchev–Trinajstić information content (AvgIpc) is 2.78. The summed E-state index contributed by atoms with van der Waals surface area (Å²) < 4.78 is 16.8. The zero-order valence-corrected chi connectivity index (χ0v) is 17.4. The molecule has 0 unspecified atom stereocenters. The van der Waals surface area contributed by atoms with Gasteiger partial charge in [0.05, 0.1) is 0 Å². The van der Waals surface area contributed by atoms with Crippen LogP contribution in [0.3, 0.4) is 0 Å². The molecule has 0 aliphatic carbocycles. The minimum Gasteiger partial charge on any atom is -0.0590 e. The van der Waals surface area contributed by atoms with Gasteiger partial charge in [-0.05, 0) is 12.5 Å². The number of aliphatic imine (C=N–C) groups is 1. The van der Waals surface area contributed by atoms with Gasteiger partial charge in [-0.1, -0.05) is 29.8 Å². The van der Waals surface area contributed by atoms with Gasteiger partial charge in [0.25, 0.3) is 0 Å². The molecule has 1 N–H and O–H groups in total. The van der Waals surface area contributed by atoms with Gasteiger partial charge in [-0.2, -0.15) is 0 Å². The Bertz CT molecular complexity index is 1260. The van der Waals surface area contributed by atoms with Crippen molar-refractivity contribution < 1.29 is 9.44 Å². The van der Waals surface area contributed by atoms with Crippen molar-refractivity contribution in [3.63, 3.8) is 0 Å². The molecule has 0 atom stereocenters. The first-order chi connectivity index (χ1) is 15.1. The summed E-state index contributed by atoms with van der Waals surface area (Å²) in [6.07, 6.45) is 1.24. The van der Waals surface area contributed by atoms with Crippen molar-refractivity contribution in [1.29, 1.82) is 0 Å². The predicted molar refractivity (Wildman–Crippen MR) is 124 cm³/mol. The Morgan fingerprint density at radius 2 is 1.77 bits per heavy atom. The second-order valence-corrected chi connectivity index (χ2v) is 7.16. The molecule has 0 amide bonds. The molecule has 4 aromatic rings. The van der Waals surface area contributed by atoms with Crippen LogP contribution in [0.15, 0.2) is 71.7 Å². The molecule has 0 spiro atoms. The molecule has 4 rings (SSSR count). The number of fused-ring (bicyclic) bond motifs is 1. The zero-order valence-electron chi connectivity index (χ0n) is 17.4. The fourth-order valence-corrected chi connectivity index (χ4v) is 3.24. The fraction of sp³-hybridized carbons (Fsp3) is 0.125. The van der Waals surface area contributed by atoms with E-state index in [4.69, 9.17) is 4.74 Å². The van der Waals surface area contributed by atoms with Gasteiger partial charge in [-0.25, -0.2) is 0 Å². The molecule has 0 fully saturated rings. The van der Waals surface area contributed by atoms with Crippen LogP contribution in [-0.4, -0.2) is 23.2 Å². The second kappa shape index (κ2) is 9.30. The molecule has 0 aliphatic rings. The molecular weight excluding hydrogens is 387 g/mol. The van der Waals surface area contributed by atoms with Crippen LogP contribution in [0.25, 0.3) is 10.8 Å². The van der Waals surface area contributed by atoms with Crippen LogP contribution in [0.5, 0.6) is 11.6 Å². The number of hydrogen-bond donors (Lipinski definition) is 1. The van der Waals surface area contributed by atoms with Crippen molar-refractivity contribution in [1.82, 2.24) is 9.97 Å². The first-order valence-electron chi connectivity index (χ1n) is 9.95. The van der Waals surface area contributed by atoms with Crippen molar-refractivity contribution in [2.24, 2.45) is 4.99 Å². The van der Waals surface area contributed by atoms with E-state index >= 15 is 0 Å².